The van der Waals surface area contributed by atoms with E-state index in [1.165, 1.54) is 24.3 Å². The van der Waals surface area contributed by atoms with Crippen LogP contribution in [0.25, 0.3) is 11.6 Å². The Kier molecular flexibility index (Phi) is 4.93. The van der Waals surface area contributed by atoms with Crippen LogP contribution in [0, 0.1) is 0 Å². The van der Waals surface area contributed by atoms with Crippen LogP contribution in [0.1, 0.15) is 11.1 Å². The van der Waals surface area contributed by atoms with Crippen LogP contribution in [0.5, 0.6) is 5.75 Å². The number of aliphatic carboxylic acids is 1. The Morgan fingerprint density at radius 3 is 2.43 bits per heavy atom. The van der Waals surface area contributed by atoms with Crippen LogP contribution in [0.2, 0.25) is 10.0 Å². The lowest BCUT2D eigenvalue weighted by molar-refractivity contribution is -0.130. The zero-order chi connectivity index (χ0) is 15.6. The molecule has 0 aliphatic heterocycles. The number of carboxylic acid groups (broad SMARTS) is 1. The number of phenols is 1. The van der Waals surface area contributed by atoms with E-state index in [1.54, 1.807) is 18.2 Å². The molecule has 0 bridgehead atoms. The van der Waals surface area contributed by atoms with Gasteiger partial charge in [-0.3, -0.25) is 0 Å². The normalized spacial score (nSPS) is 11.5. The first-order chi connectivity index (χ1) is 9.88. The summed E-state index contributed by atoms with van der Waals surface area (Å²) in [5.74, 6) is -1.06. The fourth-order valence-electron chi connectivity index (χ4n) is 1.75. The van der Waals surface area contributed by atoms with Crippen molar-refractivity contribution in [2.45, 2.75) is 0 Å². The van der Waals surface area contributed by atoms with E-state index in [4.69, 9.17) is 23.2 Å². The van der Waals surface area contributed by atoms with Gasteiger partial charge in [0.05, 0.1) is 5.57 Å². The van der Waals surface area contributed by atoms with E-state index in [2.05, 4.69) is 15.9 Å². The molecule has 2 aromatic carbocycles. The minimum atomic E-state index is -1.10. The molecule has 0 radical (unpaired) electrons. The van der Waals surface area contributed by atoms with Crippen LogP contribution in [0.4, 0.5) is 0 Å². The molecule has 0 spiro atoms. The second kappa shape index (κ2) is 6.52. The Bertz CT molecular complexity index is 742. The summed E-state index contributed by atoms with van der Waals surface area (Å²) in [6.45, 7) is 0. The van der Waals surface area contributed by atoms with Gasteiger partial charge in [-0.1, -0.05) is 45.2 Å². The van der Waals surface area contributed by atoms with E-state index in [1.807, 2.05) is 0 Å². The molecule has 108 valence electrons. The van der Waals surface area contributed by atoms with Gasteiger partial charge in [-0.2, -0.15) is 0 Å². The van der Waals surface area contributed by atoms with E-state index < -0.39 is 5.97 Å². The summed E-state index contributed by atoms with van der Waals surface area (Å²) in [5, 5.41) is 19.6. The highest BCUT2D eigenvalue weighted by atomic mass is 79.9. The highest BCUT2D eigenvalue weighted by molar-refractivity contribution is 9.10. The summed E-state index contributed by atoms with van der Waals surface area (Å²) in [6.07, 6.45) is 1.46. The number of halogens is 3. The van der Waals surface area contributed by atoms with Gasteiger partial charge in [-0.15, -0.1) is 0 Å². The van der Waals surface area contributed by atoms with E-state index in [0.29, 0.717) is 25.6 Å². The molecule has 6 heteroatoms. The molecule has 0 saturated heterocycles. The molecule has 0 aliphatic carbocycles. The van der Waals surface area contributed by atoms with Crippen molar-refractivity contribution in [2.75, 3.05) is 0 Å². The fourth-order valence-corrected chi connectivity index (χ4v) is 2.79. The Hall–Kier alpha value is -1.49. The first-order valence-electron chi connectivity index (χ1n) is 5.77. The smallest absolute Gasteiger partial charge is 0.336 e. The summed E-state index contributed by atoms with van der Waals surface area (Å²) in [6, 6.07) is 9.17. The van der Waals surface area contributed by atoms with Crippen molar-refractivity contribution in [2.24, 2.45) is 0 Å². The van der Waals surface area contributed by atoms with Crippen molar-refractivity contribution in [3.8, 4) is 5.75 Å². The summed E-state index contributed by atoms with van der Waals surface area (Å²) in [7, 11) is 0. The van der Waals surface area contributed by atoms with Gasteiger partial charge in [0.2, 0.25) is 0 Å². The molecule has 2 rings (SSSR count). The Labute approximate surface area is 139 Å². The third kappa shape index (κ3) is 3.79. The number of carbonyl (C=O) groups is 1. The molecule has 0 amide bonds. The molecule has 0 atom stereocenters. The van der Waals surface area contributed by atoms with Crippen molar-refractivity contribution in [1.82, 2.24) is 0 Å². The third-order valence-corrected chi connectivity index (χ3v) is 3.95. The SMILES string of the molecule is O=C(O)C(=Cc1ccc(Cl)cc1Cl)c1ccc(O)cc1Br. The lowest BCUT2D eigenvalue weighted by Gasteiger charge is -2.07. The summed E-state index contributed by atoms with van der Waals surface area (Å²) >= 11 is 15.1. The molecule has 2 aromatic rings. The van der Waals surface area contributed by atoms with Crippen LogP contribution in [-0.2, 0) is 4.79 Å². The van der Waals surface area contributed by atoms with Crippen LogP contribution in [0.3, 0.4) is 0 Å². The maximum atomic E-state index is 11.5. The second-order valence-electron chi connectivity index (χ2n) is 4.19. The number of aromatic hydroxyl groups is 1. The van der Waals surface area contributed by atoms with Crippen molar-refractivity contribution >= 4 is 56.8 Å². The van der Waals surface area contributed by atoms with E-state index in [9.17, 15) is 15.0 Å². The van der Waals surface area contributed by atoms with Gasteiger partial charge in [0.15, 0.2) is 0 Å². The van der Waals surface area contributed by atoms with Gasteiger partial charge in [0.1, 0.15) is 5.75 Å². The van der Waals surface area contributed by atoms with Gasteiger partial charge in [0.25, 0.3) is 0 Å². The average molecular weight is 388 g/mol. The molecule has 0 heterocycles. The Morgan fingerprint density at radius 2 is 1.86 bits per heavy atom. The molecule has 3 nitrogen and oxygen atoms in total. The first kappa shape index (κ1) is 15.9. The molecule has 0 aromatic heterocycles. The highest BCUT2D eigenvalue weighted by Gasteiger charge is 2.15. The molecular weight excluding hydrogens is 379 g/mol. The highest BCUT2D eigenvalue weighted by Crippen LogP contribution is 2.31. The molecular formula is C15H9BrCl2O3. The molecule has 2 N–H and O–H groups in total. The van der Waals surface area contributed by atoms with Crippen LogP contribution >= 0.6 is 39.1 Å². The number of hydrogen-bond acceptors (Lipinski definition) is 2. The predicted octanol–water partition coefficient (Wildman–Crippen LogP) is 5.09. The molecule has 0 saturated carbocycles. The Balaban J connectivity index is 2.58. The number of hydrogen-bond donors (Lipinski definition) is 2. The van der Waals surface area contributed by atoms with Crippen LogP contribution < -0.4 is 0 Å². The Morgan fingerprint density at radius 1 is 1.14 bits per heavy atom. The maximum Gasteiger partial charge on any atom is 0.336 e. The average Bonchev–Trinajstić information content (AvgIpc) is 2.38. The van der Waals surface area contributed by atoms with Gasteiger partial charge >= 0.3 is 5.97 Å². The number of rotatable bonds is 3. The maximum absolute atomic E-state index is 11.5. The number of benzene rings is 2. The minimum Gasteiger partial charge on any atom is -0.508 e. The zero-order valence-corrected chi connectivity index (χ0v) is 13.6. The number of phenolic OH excluding ortho intramolecular Hbond substituents is 1. The number of carboxylic acids is 1. The summed E-state index contributed by atoms with van der Waals surface area (Å²) in [4.78, 5) is 11.5. The van der Waals surface area contributed by atoms with E-state index in [-0.39, 0.29) is 11.3 Å². The standard InChI is InChI=1S/C15H9BrCl2O3/c16-13-7-10(19)3-4-11(13)12(15(20)21)5-8-1-2-9(17)6-14(8)18/h1-7,19H,(H,20,21). The van der Waals surface area contributed by atoms with Gasteiger partial charge in [0, 0.05) is 20.1 Å². The summed E-state index contributed by atoms with van der Waals surface area (Å²) < 4.78 is 0.473. The minimum absolute atomic E-state index is 0.0416. The van der Waals surface area contributed by atoms with Crippen molar-refractivity contribution in [3.63, 3.8) is 0 Å². The van der Waals surface area contributed by atoms with E-state index >= 15 is 0 Å². The van der Waals surface area contributed by atoms with Crippen molar-refractivity contribution in [3.05, 3.63) is 62.0 Å². The second-order valence-corrected chi connectivity index (χ2v) is 5.89. The van der Waals surface area contributed by atoms with Gasteiger partial charge < -0.3 is 10.2 Å². The predicted molar refractivity (Wildman–Crippen MR) is 87.8 cm³/mol. The fraction of sp³-hybridized carbons (Fsp3) is 0. The van der Waals surface area contributed by atoms with Gasteiger partial charge in [-0.25, -0.2) is 4.79 Å². The third-order valence-electron chi connectivity index (χ3n) is 2.74. The van der Waals surface area contributed by atoms with Crippen molar-refractivity contribution < 1.29 is 15.0 Å². The largest absolute Gasteiger partial charge is 0.508 e. The molecule has 0 fully saturated rings. The van der Waals surface area contributed by atoms with Crippen LogP contribution in [-0.4, -0.2) is 16.2 Å². The van der Waals surface area contributed by atoms with E-state index in [0.717, 1.165) is 0 Å². The zero-order valence-electron chi connectivity index (χ0n) is 10.5. The quantitative estimate of drug-likeness (QED) is 0.569. The molecule has 0 unspecified atom stereocenters. The van der Waals surface area contributed by atoms with Gasteiger partial charge in [-0.05, 0) is 42.0 Å². The molecule has 0 aliphatic rings. The molecule has 21 heavy (non-hydrogen) atoms. The van der Waals surface area contributed by atoms with Crippen LogP contribution in [0.15, 0.2) is 40.9 Å². The lowest BCUT2D eigenvalue weighted by Crippen LogP contribution is -2.00. The first-order valence-corrected chi connectivity index (χ1v) is 7.32. The monoisotopic (exact) mass is 386 g/mol. The summed E-state index contributed by atoms with van der Waals surface area (Å²) in [5.41, 5.74) is 1.02. The van der Waals surface area contributed by atoms with Crippen molar-refractivity contribution in [1.29, 1.82) is 0 Å². The lowest BCUT2D eigenvalue weighted by atomic mass is 10.0. The topological polar surface area (TPSA) is 57.5 Å².